The highest BCUT2D eigenvalue weighted by atomic mass is 32.1. The molecular weight excluding hydrogens is 437 g/mol. The molecule has 2 aliphatic rings. The van der Waals surface area contributed by atoms with Gasteiger partial charge in [-0.2, -0.15) is 0 Å². The molecule has 3 aromatic rings. The first-order valence-corrected chi connectivity index (χ1v) is 12.3. The van der Waals surface area contributed by atoms with E-state index in [9.17, 15) is 14.0 Å². The summed E-state index contributed by atoms with van der Waals surface area (Å²) in [5.74, 6) is 0.00765. The summed E-state index contributed by atoms with van der Waals surface area (Å²) in [5.41, 5.74) is 3.55. The second kappa shape index (κ2) is 9.43. The first kappa shape index (κ1) is 21.8. The molecule has 1 fully saturated rings. The van der Waals surface area contributed by atoms with Crippen molar-refractivity contribution < 1.29 is 14.0 Å². The van der Waals surface area contributed by atoms with Gasteiger partial charge in [-0.1, -0.05) is 30.3 Å². The Morgan fingerprint density at radius 3 is 2.58 bits per heavy atom. The number of likely N-dealkylation sites (tertiary alicyclic amines) is 1. The van der Waals surface area contributed by atoms with Gasteiger partial charge >= 0.3 is 0 Å². The van der Waals surface area contributed by atoms with Crippen molar-refractivity contribution >= 4 is 28.8 Å². The third-order valence-corrected chi connectivity index (χ3v) is 7.57. The summed E-state index contributed by atoms with van der Waals surface area (Å²) in [6, 6.07) is 14.2. The van der Waals surface area contributed by atoms with Crippen molar-refractivity contribution in [3.63, 3.8) is 0 Å². The van der Waals surface area contributed by atoms with Crippen molar-refractivity contribution in [2.75, 3.05) is 24.5 Å². The molecule has 0 saturated carbocycles. The van der Waals surface area contributed by atoms with Gasteiger partial charge in [0, 0.05) is 36.6 Å². The van der Waals surface area contributed by atoms with E-state index in [4.69, 9.17) is 4.98 Å². The number of halogens is 1. The van der Waals surface area contributed by atoms with Crippen LogP contribution < -0.4 is 4.90 Å². The molecule has 0 unspecified atom stereocenters. The maximum Gasteiger partial charge on any atom is 0.277 e. The zero-order valence-electron chi connectivity index (χ0n) is 18.4. The Morgan fingerprint density at radius 1 is 1.03 bits per heavy atom. The van der Waals surface area contributed by atoms with E-state index in [-0.39, 0.29) is 30.0 Å². The number of para-hydroxylation sites is 1. The molecule has 0 bridgehead atoms. The molecule has 170 valence electrons. The zero-order chi connectivity index (χ0) is 22.8. The van der Waals surface area contributed by atoms with E-state index in [0.717, 1.165) is 48.5 Å². The number of amides is 2. The van der Waals surface area contributed by atoms with Crippen LogP contribution in [-0.2, 0) is 17.6 Å². The van der Waals surface area contributed by atoms with Gasteiger partial charge in [-0.15, -0.1) is 11.3 Å². The summed E-state index contributed by atoms with van der Waals surface area (Å²) < 4.78 is 13.1. The van der Waals surface area contributed by atoms with Crippen molar-refractivity contribution in [1.29, 1.82) is 0 Å². The number of benzene rings is 2. The summed E-state index contributed by atoms with van der Waals surface area (Å²) in [7, 11) is 0. The molecular formula is C26H26FN3O2S. The Balaban J connectivity index is 1.20. The first-order valence-electron chi connectivity index (χ1n) is 11.5. The van der Waals surface area contributed by atoms with E-state index in [2.05, 4.69) is 6.07 Å². The summed E-state index contributed by atoms with van der Waals surface area (Å²) in [5, 5.41) is 2.86. The second-order valence-electron chi connectivity index (χ2n) is 8.72. The van der Waals surface area contributed by atoms with Crippen LogP contribution in [0.2, 0.25) is 0 Å². The first-order chi connectivity index (χ1) is 16.1. The number of piperidine rings is 1. The number of nitrogens with zero attached hydrogens (tertiary/aromatic N) is 3. The molecule has 0 atom stereocenters. The predicted molar refractivity (Wildman–Crippen MR) is 127 cm³/mol. The number of anilines is 1. The van der Waals surface area contributed by atoms with Crippen molar-refractivity contribution in [2.45, 2.75) is 38.0 Å². The number of hydrogen-bond acceptors (Lipinski definition) is 4. The lowest BCUT2D eigenvalue weighted by Gasteiger charge is -2.31. The number of thiazole rings is 1. The lowest BCUT2D eigenvalue weighted by atomic mass is 9.97. The molecule has 0 radical (unpaired) electrons. The van der Waals surface area contributed by atoms with Crippen molar-refractivity contribution in [2.24, 2.45) is 0 Å². The van der Waals surface area contributed by atoms with Crippen LogP contribution in [0.5, 0.6) is 0 Å². The fourth-order valence-electron chi connectivity index (χ4n) is 4.72. The SMILES string of the molecule is O=C(Cc1ccc(F)cc1)N1CCC(c2nc(C(=O)N3CCCc4ccccc43)cs2)CC1. The average molecular weight is 464 g/mol. The van der Waals surface area contributed by atoms with E-state index in [1.807, 2.05) is 33.4 Å². The van der Waals surface area contributed by atoms with Gasteiger partial charge in [-0.05, 0) is 55.0 Å². The number of aromatic nitrogens is 1. The summed E-state index contributed by atoms with van der Waals surface area (Å²) >= 11 is 1.55. The molecule has 3 heterocycles. The smallest absolute Gasteiger partial charge is 0.277 e. The van der Waals surface area contributed by atoms with Crippen LogP contribution >= 0.6 is 11.3 Å². The number of carbonyl (C=O) groups excluding carboxylic acids is 2. The second-order valence-corrected chi connectivity index (χ2v) is 9.61. The molecule has 2 aromatic carbocycles. The van der Waals surface area contributed by atoms with Crippen LogP contribution in [0.3, 0.4) is 0 Å². The van der Waals surface area contributed by atoms with Gasteiger partial charge in [0.1, 0.15) is 11.5 Å². The van der Waals surface area contributed by atoms with Gasteiger partial charge in [0.05, 0.1) is 11.4 Å². The third-order valence-electron chi connectivity index (χ3n) is 6.56. The number of fused-ring (bicyclic) bond motifs is 1. The molecule has 0 spiro atoms. The van der Waals surface area contributed by atoms with Crippen LogP contribution in [0.4, 0.5) is 10.1 Å². The fraction of sp³-hybridized carbons (Fsp3) is 0.346. The Hall–Kier alpha value is -3.06. The van der Waals surface area contributed by atoms with E-state index in [1.165, 1.54) is 17.7 Å². The van der Waals surface area contributed by atoms with Gasteiger partial charge in [-0.3, -0.25) is 9.59 Å². The fourth-order valence-corrected chi connectivity index (χ4v) is 5.69. The summed E-state index contributed by atoms with van der Waals surface area (Å²) in [4.78, 5) is 34.3. The minimum Gasteiger partial charge on any atom is -0.342 e. The third kappa shape index (κ3) is 4.69. The highest BCUT2D eigenvalue weighted by Crippen LogP contribution is 2.32. The quantitative estimate of drug-likeness (QED) is 0.557. The molecule has 0 aliphatic carbocycles. The van der Waals surface area contributed by atoms with Crippen molar-refractivity contribution in [3.05, 3.63) is 81.6 Å². The summed E-state index contributed by atoms with van der Waals surface area (Å²) in [6.45, 7) is 2.07. The Morgan fingerprint density at radius 2 is 1.79 bits per heavy atom. The molecule has 0 N–H and O–H groups in total. The minimum atomic E-state index is -0.294. The zero-order valence-corrected chi connectivity index (χ0v) is 19.2. The standard InChI is InChI=1S/C26H26FN3O2S/c27-21-9-7-18(8-10-21)16-24(31)29-14-11-20(12-15-29)25-28-22(17-33-25)26(32)30-13-3-5-19-4-1-2-6-23(19)30/h1-2,4,6-10,17,20H,3,5,11-16H2. The van der Waals surface area contributed by atoms with Crippen molar-refractivity contribution in [3.8, 4) is 0 Å². The van der Waals surface area contributed by atoms with Gasteiger partial charge in [0.25, 0.3) is 5.91 Å². The molecule has 5 rings (SSSR count). The van der Waals surface area contributed by atoms with E-state index < -0.39 is 0 Å². The molecule has 7 heteroatoms. The maximum atomic E-state index is 13.2. The number of hydrogen-bond donors (Lipinski definition) is 0. The van der Waals surface area contributed by atoms with Gasteiger partial charge in [-0.25, -0.2) is 9.37 Å². The Kier molecular flexibility index (Phi) is 6.22. The Bertz CT molecular complexity index is 1150. The van der Waals surface area contributed by atoms with Crippen LogP contribution in [0.15, 0.2) is 53.9 Å². The molecule has 1 aromatic heterocycles. The minimum absolute atomic E-state index is 0.0310. The molecule has 2 amide bonds. The lowest BCUT2D eigenvalue weighted by Crippen LogP contribution is -2.38. The van der Waals surface area contributed by atoms with Crippen LogP contribution in [0, 0.1) is 5.82 Å². The molecule has 2 aliphatic heterocycles. The number of carbonyl (C=O) groups is 2. The largest absolute Gasteiger partial charge is 0.342 e. The van der Waals surface area contributed by atoms with Crippen molar-refractivity contribution in [1.82, 2.24) is 9.88 Å². The monoisotopic (exact) mass is 463 g/mol. The molecule has 1 saturated heterocycles. The van der Waals surface area contributed by atoms with Gasteiger partial charge < -0.3 is 9.80 Å². The van der Waals surface area contributed by atoms with E-state index in [1.54, 1.807) is 23.5 Å². The average Bonchev–Trinajstić information content (AvgIpc) is 3.35. The Labute approximate surface area is 196 Å². The topological polar surface area (TPSA) is 53.5 Å². The molecule has 5 nitrogen and oxygen atoms in total. The highest BCUT2D eigenvalue weighted by Gasteiger charge is 2.29. The van der Waals surface area contributed by atoms with Gasteiger partial charge in [0.2, 0.25) is 5.91 Å². The summed E-state index contributed by atoms with van der Waals surface area (Å²) in [6.07, 6.45) is 3.93. The predicted octanol–water partition coefficient (Wildman–Crippen LogP) is 4.82. The lowest BCUT2D eigenvalue weighted by molar-refractivity contribution is -0.131. The highest BCUT2D eigenvalue weighted by molar-refractivity contribution is 7.10. The maximum absolute atomic E-state index is 13.2. The van der Waals surface area contributed by atoms with Crippen LogP contribution in [-0.4, -0.2) is 41.3 Å². The van der Waals surface area contributed by atoms with Crippen LogP contribution in [0.25, 0.3) is 0 Å². The molecule has 33 heavy (non-hydrogen) atoms. The number of aryl methyl sites for hydroxylation is 1. The van der Waals surface area contributed by atoms with Crippen LogP contribution in [0.1, 0.15) is 51.8 Å². The van der Waals surface area contributed by atoms with E-state index in [0.29, 0.717) is 18.8 Å². The van der Waals surface area contributed by atoms with E-state index >= 15 is 0 Å². The normalized spacial score (nSPS) is 16.5. The van der Waals surface area contributed by atoms with Gasteiger partial charge in [0.15, 0.2) is 0 Å². The number of rotatable bonds is 4.